The van der Waals surface area contributed by atoms with Gasteiger partial charge in [-0.3, -0.25) is 0 Å². The van der Waals surface area contributed by atoms with E-state index in [0.717, 1.165) is 56.7 Å². The van der Waals surface area contributed by atoms with Gasteiger partial charge in [0.2, 0.25) is 5.95 Å². The Hall–Kier alpha value is -2.37. The lowest BCUT2D eigenvalue weighted by Gasteiger charge is -2.37. The van der Waals surface area contributed by atoms with Crippen molar-refractivity contribution in [1.29, 1.82) is 0 Å². The summed E-state index contributed by atoms with van der Waals surface area (Å²) in [7, 11) is 0. The first-order valence-corrected chi connectivity index (χ1v) is 8.97. The van der Waals surface area contributed by atoms with Gasteiger partial charge in [-0.25, -0.2) is 9.37 Å². The molecule has 2 heterocycles. The van der Waals surface area contributed by atoms with Crippen LogP contribution in [0.3, 0.4) is 0 Å². The maximum Gasteiger partial charge on any atom is 0.227 e. The molecular formula is C19H26FN5. The summed E-state index contributed by atoms with van der Waals surface area (Å²) in [5.41, 5.74) is 1.66. The van der Waals surface area contributed by atoms with Gasteiger partial charge in [-0.05, 0) is 32.9 Å². The van der Waals surface area contributed by atoms with E-state index in [-0.39, 0.29) is 5.82 Å². The van der Waals surface area contributed by atoms with Gasteiger partial charge in [0.15, 0.2) is 0 Å². The highest BCUT2D eigenvalue weighted by Crippen LogP contribution is 2.23. The Morgan fingerprint density at radius 2 is 1.64 bits per heavy atom. The summed E-state index contributed by atoms with van der Waals surface area (Å²) < 4.78 is 14.0. The Kier molecular flexibility index (Phi) is 5.36. The van der Waals surface area contributed by atoms with Crippen LogP contribution in [0.4, 0.5) is 21.8 Å². The molecular weight excluding hydrogens is 317 g/mol. The number of anilines is 3. The smallest absolute Gasteiger partial charge is 0.227 e. The molecule has 5 nitrogen and oxygen atoms in total. The van der Waals surface area contributed by atoms with E-state index in [1.807, 2.05) is 25.1 Å². The van der Waals surface area contributed by atoms with Gasteiger partial charge in [0, 0.05) is 51.0 Å². The third-order valence-corrected chi connectivity index (χ3v) is 4.67. The molecule has 0 N–H and O–H groups in total. The molecule has 0 radical (unpaired) electrons. The molecule has 1 aliphatic rings. The van der Waals surface area contributed by atoms with Gasteiger partial charge in [0.25, 0.3) is 0 Å². The van der Waals surface area contributed by atoms with Crippen molar-refractivity contribution in [2.75, 3.05) is 54.0 Å². The minimum atomic E-state index is -0.155. The first kappa shape index (κ1) is 17.5. The first-order valence-electron chi connectivity index (χ1n) is 8.97. The molecule has 0 aliphatic carbocycles. The van der Waals surface area contributed by atoms with Crippen LogP contribution in [0, 0.1) is 12.7 Å². The second-order valence-electron chi connectivity index (χ2n) is 6.27. The summed E-state index contributed by atoms with van der Waals surface area (Å²) in [6.07, 6.45) is 0. The van der Waals surface area contributed by atoms with Crippen molar-refractivity contribution < 1.29 is 4.39 Å². The van der Waals surface area contributed by atoms with Crippen LogP contribution in [-0.2, 0) is 0 Å². The van der Waals surface area contributed by atoms with Crippen molar-refractivity contribution in [3.8, 4) is 0 Å². The van der Waals surface area contributed by atoms with E-state index in [9.17, 15) is 4.39 Å². The number of nitrogens with zero attached hydrogens (tertiary/aromatic N) is 5. The van der Waals surface area contributed by atoms with Crippen LogP contribution in [0.15, 0.2) is 30.3 Å². The van der Waals surface area contributed by atoms with Crippen LogP contribution < -0.4 is 14.7 Å². The fourth-order valence-corrected chi connectivity index (χ4v) is 3.23. The van der Waals surface area contributed by atoms with E-state index in [1.165, 1.54) is 6.07 Å². The molecule has 1 saturated heterocycles. The van der Waals surface area contributed by atoms with Crippen LogP contribution in [0.5, 0.6) is 0 Å². The van der Waals surface area contributed by atoms with Gasteiger partial charge in [-0.2, -0.15) is 4.98 Å². The number of hydrogen-bond donors (Lipinski definition) is 0. The highest BCUT2D eigenvalue weighted by Gasteiger charge is 2.21. The summed E-state index contributed by atoms with van der Waals surface area (Å²) in [6, 6.07) is 9.01. The third-order valence-electron chi connectivity index (χ3n) is 4.67. The highest BCUT2D eigenvalue weighted by molar-refractivity contribution is 5.51. The number of benzene rings is 1. The number of aromatic nitrogens is 2. The monoisotopic (exact) mass is 343 g/mol. The van der Waals surface area contributed by atoms with E-state index in [2.05, 4.69) is 33.5 Å². The molecule has 6 heteroatoms. The molecule has 134 valence electrons. The molecule has 1 aliphatic heterocycles. The largest absolute Gasteiger partial charge is 0.366 e. The fourth-order valence-electron chi connectivity index (χ4n) is 3.23. The summed E-state index contributed by atoms with van der Waals surface area (Å²) in [4.78, 5) is 15.9. The second kappa shape index (κ2) is 7.68. The van der Waals surface area contributed by atoms with E-state index in [0.29, 0.717) is 5.69 Å². The molecule has 2 aromatic rings. The highest BCUT2D eigenvalue weighted by atomic mass is 19.1. The molecule has 0 unspecified atom stereocenters. The molecule has 0 atom stereocenters. The number of halogens is 1. The predicted octanol–water partition coefficient (Wildman–Crippen LogP) is 3.10. The summed E-state index contributed by atoms with van der Waals surface area (Å²) in [6.45, 7) is 11.2. The Bertz CT molecular complexity index is 709. The van der Waals surface area contributed by atoms with Crippen LogP contribution >= 0.6 is 0 Å². The standard InChI is InChI=1S/C19H26FN5/c1-4-23(5-2)19-21-15(3)14-18(22-19)25-12-10-24(11-13-25)17-9-7-6-8-16(17)20/h6-9,14H,4-5,10-13H2,1-3H3. The number of hydrogen-bond acceptors (Lipinski definition) is 5. The maximum absolute atomic E-state index is 14.0. The molecule has 0 amide bonds. The second-order valence-corrected chi connectivity index (χ2v) is 6.27. The third kappa shape index (κ3) is 3.83. The summed E-state index contributed by atoms with van der Waals surface area (Å²) in [5, 5.41) is 0. The number of aryl methyl sites for hydroxylation is 1. The van der Waals surface area contributed by atoms with E-state index < -0.39 is 0 Å². The normalized spacial score (nSPS) is 14.7. The summed E-state index contributed by atoms with van der Waals surface area (Å²) in [5.74, 6) is 1.59. The predicted molar refractivity (Wildman–Crippen MR) is 101 cm³/mol. The van der Waals surface area contributed by atoms with Crippen LogP contribution in [0.25, 0.3) is 0 Å². The molecule has 0 saturated carbocycles. The average molecular weight is 343 g/mol. The van der Waals surface area contributed by atoms with Crippen molar-refractivity contribution in [1.82, 2.24) is 9.97 Å². The summed E-state index contributed by atoms with van der Waals surface area (Å²) >= 11 is 0. The van der Waals surface area contributed by atoms with Gasteiger partial charge in [0.1, 0.15) is 11.6 Å². The lowest BCUT2D eigenvalue weighted by molar-refractivity contribution is 0.596. The number of para-hydroxylation sites is 1. The topological polar surface area (TPSA) is 35.5 Å². The van der Waals surface area contributed by atoms with Crippen LogP contribution in [0.2, 0.25) is 0 Å². The molecule has 0 bridgehead atoms. The zero-order valence-electron chi connectivity index (χ0n) is 15.2. The van der Waals surface area contributed by atoms with E-state index >= 15 is 0 Å². The zero-order valence-corrected chi connectivity index (χ0v) is 15.2. The van der Waals surface area contributed by atoms with E-state index in [4.69, 9.17) is 4.98 Å². The Morgan fingerprint density at radius 1 is 1.00 bits per heavy atom. The quantitative estimate of drug-likeness (QED) is 0.834. The fraction of sp³-hybridized carbons (Fsp3) is 0.474. The number of piperazine rings is 1. The Morgan fingerprint density at radius 3 is 2.28 bits per heavy atom. The van der Waals surface area contributed by atoms with Crippen molar-refractivity contribution in [2.45, 2.75) is 20.8 Å². The van der Waals surface area contributed by atoms with Gasteiger partial charge in [-0.15, -0.1) is 0 Å². The number of rotatable bonds is 5. The van der Waals surface area contributed by atoms with Crippen LogP contribution in [-0.4, -0.2) is 49.2 Å². The molecule has 1 fully saturated rings. The maximum atomic E-state index is 14.0. The van der Waals surface area contributed by atoms with E-state index in [1.54, 1.807) is 6.07 Å². The van der Waals surface area contributed by atoms with Crippen molar-refractivity contribution in [2.24, 2.45) is 0 Å². The molecule has 3 rings (SSSR count). The Balaban J connectivity index is 1.74. The SMILES string of the molecule is CCN(CC)c1nc(C)cc(N2CCN(c3ccccc3F)CC2)n1. The minimum absolute atomic E-state index is 0.155. The lowest BCUT2D eigenvalue weighted by Crippen LogP contribution is -2.47. The first-order chi connectivity index (χ1) is 12.1. The molecule has 25 heavy (non-hydrogen) atoms. The molecule has 1 aromatic heterocycles. The van der Waals surface area contributed by atoms with Gasteiger partial charge in [0.05, 0.1) is 5.69 Å². The van der Waals surface area contributed by atoms with Crippen molar-refractivity contribution in [3.05, 3.63) is 41.8 Å². The van der Waals surface area contributed by atoms with Crippen LogP contribution in [0.1, 0.15) is 19.5 Å². The average Bonchev–Trinajstić information content (AvgIpc) is 2.63. The molecule has 0 spiro atoms. The zero-order chi connectivity index (χ0) is 17.8. The Labute approximate surface area is 149 Å². The van der Waals surface area contributed by atoms with Crippen molar-refractivity contribution in [3.63, 3.8) is 0 Å². The molecule has 1 aromatic carbocycles. The van der Waals surface area contributed by atoms with Gasteiger partial charge < -0.3 is 14.7 Å². The van der Waals surface area contributed by atoms with Gasteiger partial charge >= 0.3 is 0 Å². The van der Waals surface area contributed by atoms with Crippen molar-refractivity contribution >= 4 is 17.5 Å². The van der Waals surface area contributed by atoms with Gasteiger partial charge in [-0.1, -0.05) is 12.1 Å². The minimum Gasteiger partial charge on any atom is -0.366 e. The lowest BCUT2D eigenvalue weighted by atomic mass is 10.2.